The van der Waals surface area contributed by atoms with Crippen LogP contribution in [0.4, 0.5) is 5.69 Å². The largest absolute Gasteiger partial charge is 0.377 e. The predicted molar refractivity (Wildman–Crippen MR) is 77.7 cm³/mol. The van der Waals surface area contributed by atoms with E-state index in [1.54, 1.807) is 22.2 Å². The maximum absolute atomic E-state index is 4.05. The Hall–Kier alpha value is -2.14. The molecule has 5 heteroatoms. The molecule has 0 fully saturated rings. The molecular weight excluding hydrogens is 256 g/mol. The Kier molecular flexibility index (Phi) is 3.29. The molecule has 3 rings (SSSR count). The lowest BCUT2D eigenvalue weighted by atomic mass is 10.1. The van der Waals surface area contributed by atoms with Crippen LogP contribution in [0.1, 0.15) is 18.5 Å². The fraction of sp³-hybridized carbons (Fsp3) is 0.143. The molecule has 19 heavy (non-hydrogen) atoms. The van der Waals surface area contributed by atoms with E-state index in [-0.39, 0.29) is 6.04 Å². The molecule has 1 aromatic carbocycles. The lowest BCUT2D eigenvalue weighted by Gasteiger charge is -2.17. The average molecular weight is 270 g/mol. The van der Waals surface area contributed by atoms with Crippen molar-refractivity contribution in [3.63, 3.8) is 0 Å². The fourth-order valence-corrected chi connectivity index (χ4v) is 2.72. The summed E-state index contributed by atoms with van der Waals surface area (Å²) in [7, 11) is 0. The minimum atomic E-state index is 0.260. The van der Waals surface area contributed by atoms with Gasteiger partial charge in [0.25, 0.3) is 0 Å². The van der Waals surface area contributed by atoms with Crippen LogP contribution in [-0.4, -0.2) is 15.0 Å². The van der Waals surface area contributed by atoms with Gasteiger partial charge in [0.2, 0.25) is 0 Å². The molecule has 0 saturated carbocycles. The van der Waals surface area contributed by atoms with Crippen molar-refractivity contribution in [3.05, 3.63) is 59.0 Å². The Morgan fingerprint density at radius 2 is 2.16 bits per heavy atom. The summed E-state index contributed by atoms with van der Waals surface area (Å²) in [6, 6.07) is 10.5. The van der Waals surface area contributed by atoms with Gasteiger partial charge in [0.1, 0.15) is 0 Å². The SMILES string of the molecule is CC(Nc1ccccc1-n1ccnn1)c1ccsc1. The molecule has 0 radical (unpaired) electrons. The van der Waals surface area contributed by atoms with Crippen molar-refractivity contribution in [3.8, 4) is 5.69 Å². The van der Waals surface area contributed by atoms with Crippen molar-refractivity contribution in [2.24, 2.45) is 0 Å². The highest BCUT2D eigenvalue weighted by atomic mass is 32.1. The zero-order chi connectivity index (χ0) is 13.1. The molecule has 4 nitrogen and oxygen atoms in total. The first kappa shape index (κ1) is 11.9. The number of benzene rings is 1. The molecule has 3 aromatic rings. The third kappa shape index (κ3) is 2.51. The van der Waals surface area contributed by atoms with Crippen LogP contribution in [0.5, 0.6) is 0 Å². The number of thiophene rings is 1. The van der Waals surface area contributed by atoms with Gasteiger partial charge in [-0.05, 0) is 41.4 Å². The average Bonchev–Trinajstić information content (AvgIpc) is 3.13. The summed E-state index contributed by atoms with van der Waals surface area (Å²) in [6.45, 7) is 2.15. The Morgan fingerprint density at radius 1 is 1.26 bits per heavy atom. The van der Waals surface area contributed by atoms with Gasteiger partial charge in [0, 0.05) is 6.04 Å². The third-order valence-electron chi connectivity index (χ3n) is 2.99. The highest BCUT2D eigenvalue weighted by Crippen LogP contribution is 2.25. The number of hydrogen-bond acceptors (Lipinski definition) is 4. The predicted octanol–water partition coefficient (Wildman–Crippen LogP) is 3.50. The van der Waals surface area contributed by atoms with E-state index in [1.165, 1.54) is 5.56 Å². The molecule has 2 aromatic heterocycles. The molecule has 0 aliphatic carbocycles. The maximum Gasteiger partial charge on any atom is 0.0894 e. The Labute approximate surface area is 115 Å². The Balaban J connectivity index is 1.89. The Morgan fingerprint density at radius 3 is 2.89 bits per heavy atom. The number of nitrogens with zero attached hydrogens (tertiary/aromatic N) is 3. The van der Waals surface area contributed by atoms with Crippen LogP contribution in [0.2, 0.25) is 0 Å². The molecule has 0 aliphatic heterocycles. The smallest absolute Gasteiger partial charge is 0.0894 e. The lowest BCUT2D eigenvalue weighted by Crippen LogP contribution is -2.09. The van der Waals surface area contributed by atoms with Gasteiger partial charge in [-0.3, -0.25) is 0 Å². The second-order valence-electron chi connectivity index (χ2n) is 4.29. The first-order chi connectivity index (χ1) is 9.34. The van der Waals surface area contributed by atoms with Gasteiger partial charge in [-0.25, -0.2) is 4.68 Å². The van der Waals surface area contributed by atoms with Gasteiger partial charge in [-0.15, -0.1) is 5.10 Å². The number of para-hydroxylation sites is 2. The molecule has 2 heterocycles. The molecule has 96 valence electrons. The second kappa shape index (κ2) is 5.24. The van der Waals surface area contributed by atoms with Crippen molar-refractivity contribution in [2.45, 2.75) is 13.0 Å². The molecule has 0 aliphatic rings. The van der Waals surface area contributed by atoms with Crippen LogP contribution in [-0.2, 0) is 0 Å². The minimum Gasteiger partial charge on any atom is -0.377 e. The van der Waals surface area contributed by atoms with Gasteiger partial charge in [-0.1, -0.05) is 17.3 Å². The first-order valence-corrected chi connectivity index (χ1v) is 7.03. The topological polar surface area (TPSA) is 42.7 Å². The van der Waals surface area contributed by atoms with E-state index >= 15 is 0 Å². The minimum absolute atomic E-state index is 0.260. The number of rotatable bonds is 4. The van der Waals surface area contributed by atoms with Gasteiger partial charge < -0.3 is 5.32 Å². The zero-order valence-electron chi connectivity index (χ0n) is 10.5. The monoisotopic (exact) mass is 270 g/mol. The highest BCUT2D eigenvalue weighted by Gasteiger charge is 2.09. The number of anilines is 1. The molecule has 0 saturated heterocycles. The number of hydrogen-bond donors (Lipinski definition) is 1. The normalized spacial score (nSPS) is 12.3. The van der Waals surface area contributed by atoms with E-state index in [0.717, 1.165) is 11.4 Å². The van der Waals surface area contributed by atoms with Gasteiger partial charge in [0.15, 0.2) is 0 Å². The van der Waals surface area contributed by atoms with E-state index in [4.69, 9.17) is 0 Å². The van der Waals surface area contributed by atoms with Crippen LogP contribution in [0.25, 0.3) is 5.69 Å². The Bertz CT molecular complexity index is 631. The van der Waals surface area contributed by atoms with Crippen LogP contribution < -0.4 is 5.32 Å². The van der Waals surface area contributed by atoms with Gasteiger partial charge in [0.05, 0.1) is 23.8 Å². The van der Waals surface area contributed by atoms with Crippen molar-refractivity contribution >= 4 is 17.0 Å². The van der Waals surface area contributed by atoms with E-state index < -0.39 is 0 Å². The standard InChI is InChI=1S/C14H14N4S/c1-11(12-6-9-19-10-12)16-13-4-2-3-5-14(13)18-8-7-15-17-18/h2-11,16H,1H3. The summed E-state index contributed by atoms with van der Waals surface area (Å²) in [5, 5.41) is 15.7. The molecule has 1 unspecified atom stereocenters. The van der Waals surface area contributed by atoms with Crippen LogP contribution in [0, 0.1) is 0 Å². The summed E-state index contributed by atoms with van der Waals surface area (Å²) in [5.41, 5.74) is 3.34. The molecule has 0 bridgehead atoms. The molecule has 1 N–H and O–H groups in total. The molecular formula is C14H14N4S. The van der Waals surface area contributed by atoms with E-state index in [0.29, 0.717) is 0 Å². The molecule has 0 spiro atoms. The van der Waals surface area contributed by atoms with E-state index in [9.17, 15) is 0 Å². The number of aromatic nitrogens is 3. The maximum atomic E-state index is 4.05. The van der Waals surface area contributed by atoms with Crippen molar-refractivity contribution < 1.29 is 0 Å². The van der Waals surface area contributed by atoms with E-state index in [2.05, 4.69) is 45.4 Å². The summed E-state index contributed by atoms with van der Waals surface area (Å²) >= 11 is 1.71. The highest BCUT2D eigenvalue weighted by molar-refractivity contribution is 7.07. The van der Waals surface area contributed by atoms with Crippen LogP contribution >= 0.6 is 11.3 Å². The van der Waals surface area contributed by atoms with Gasteiger partial charge in [-0.2, -0.15) is 11.3 Å². The molecule has 0 amide bonds. The summed E-state index contributed by atoms with van der Waals surface area (Å²) in [4.78, 5) is 0. The van der Waals surface area contributed by atoms with Crippen LogP contribution in [0.15, 0.2) is 53.5 Å². The van der Waals surface area contributed by atoms with Crippen molar-refractivity contribution in [1.82, 2.24) is 15.0 Å². The molecule has 1 atom stereocenters. The van der Waals surface area contributed by atoms with Gasteiger partial charge >= 0.3 is 0 Å². The quantitative estimate of drug-likeness (QED) is 0.789. The lowest BCUT2D eigenvalue weighted by molar-refractivity contribution is 0.798. The fourth-order valence-electron chi connectivity index (χ4n) is 1.97. The summed E-state index contributed by atoms with van der Waals surface area (Å²) < 4.78 is 1.77. The van der Waals surface area contributed by atoms with Crippen molar-refractivity contribution in [1.29, 1.82) is 0 Å². The van der Waals surface area contributed by atoms with Crippen LogP contribution in [0.3, 0.4) is 0 Å². The first-order valence-electron chi connectivity index (χ1n) is 6.09. The third-order valence-corrected chi connectivity index (χ3v) is 3.69. The summed E-state index contributed by atoms with van der Waals surface area (Å²) in [6.07, 6.45) is 3.52. The number of nitrogens with one attached hydrogen (secondary N) is 1. The van der Waals surface area contributed by atoms with Crippen molar-refractivity contribution in [2.75, 3.05) is 5.32 Å². The zero-order valence-corrected chi connectivity index (χ0v) is 11.3. The van der Waals surface area contributed by atoms with E-state index in [1.807, 2.05) is 24.4 Å². The second-order valence-corrected chi connectivity index (χ2v) is 5.07. The summed E-state index contributed by atoms with van der Waals surface area (Å²) in [5.74, 6) is 0.